The number of hydrogen-bond donors (Lipinski definition) is 2. The first-order valence-corrected chi connectivity index (χ1v) is 8.77. The lowest BCUT2D eigenvalue weighted by Gasteiger charge is -2.39. The van der Waals surface area contributed by atoms with E-state index in [1.54, 1.807) is 6.07 Å². The Morgan fingerprint density at radius 3 is 2.44 bits per heavy atom. The highest BCUT2D eigenvalue weighted by molar-refractivity contribution is 5.96. The molecule has 6 heteroatoms. The highest BCUT2D eigenvalue weighted by Crippen LogP contribution is 2.21. The molecule has 1 aliphatic heterocycles. The van der Waals surface area contributed by atoms with Crippen molar-refractivity contribution in [1.29, 1.82) is 0 Å². The fourth-order valence-electron chi connectivity index (χ4n) is 3.32. The number of amides is 1. The highest BCUT2D eigenvalue weighted by atomic mass is 35.5. The van der Waals surface area contributed by atoms with E-state index in [2.05, 4.69) is 31.0 Å². The maximum Gasteiger partial charge on any atom is 0.251 e. The van der Waals surface area contributed by atoms with E-state index in [0.29, 0.717) is 29.8 Å². The molecule has 0 bridgehead atoms. The van der Waals surface area contributed by atoms with Crippen LogP contribution >= 0.6 is 24.8 Å². The molecular weight excluding hydrogens is 357 g/mol. The Bertz CT molecular complexity index is 543. The van der Waals surface area contributed by atoms with E-state index in [9.17, 15) is 4.79 Å². The predicted octanol–water partition coefficient (Wildman–Crippen LogP) is 3.91. The van der Waals surface area contributed by atoms with Crippen LogP contribution in [0.25, 0.3) is 0 Å². The van der Waals surface area contributed by atoms with Crippen LogP contribution in [0, 0.1) is 18.8 Å². The van der Waals surface area contributed by atoms with E-state index in [-0.39, 0.29) is 30.7 Å². The number of nitrogens with one attached hydrogen (secondary N) is 1. The van der Waals surface area contributed by atoms with Crippen molar-refractivity contribution < 1.29 is 4.79 Å². The van der Waals surface area contributed by atoms with Crippen LogP contribution in [0.4, 0.5) is 5.69 Å². The van der Waals surface area contributed by atoms with Gasteiger partial charge in [-0.25, -0.2) is 0 Å². The van der Waals surface area contributed by atoms with Crippen LogP contribution in [0.3, 0.4) is 0 Å². The van der Waals surface area contributed by atoms with Gasteiger partial charge in [-0.1, -0.05) is 26.8 Å². The fourth-order valence-corrected chi connectivity index (χ4v) is 3.32. The number of likely N-dealkylation sites (tertiary alicyclic amines) is 1. The molecule has 1 aromatic rings. The zero-order valence-corrected chi connectivity index (χ0v) is 17.4. The van der Waals surface area contributed by atoms with Crippen molar-refractivity contribution in [2.75, 3.05) is 25.4 Å². The van der Waals surface area contributed by atoms with Crippen LogP contribution < -0.4 is 11.1 Å². The van der Waals surface area contributed by atoms with Gasteiger partial charge in [-0.3, -0.25) is 9.69 Å². The van der Waals surface area contributed by atoms with E-state index in [4.69, 9.17) is 5.73 Å². The third kappa shape index (κ3) is 6.69. The van der Waals surface area contributed by atoms with Crippen LogP contribution in [0.1, 0.15) is 49.5 Å². The summed E-state index contributed by atoms with van der Waals surface area (Å²) < 4.78 is 0. The Balaban J connectivity index is 0.00000288. The van der Waals surface area contributed by atoms with Gasteiger partial charge in [-0.2, -0.15) is 0 Å². The minimum Gasteiger partial charge on any atom is -0.399 e. The summed E-state index contributed by atoms with van der Waals surface area (Å²) in [5, 5.41) is 3.12. The number of rotatable bonds is 5. The van der Waals surface area contributed by atoms with Gasteiger partial charge in [0.1, 0.15) is 0 Å². The molecule has 1 heterocycles. The Morgan fingerprint density at radius 1 is 1.28 bits per heavy atom. The van der Waals surface area contributed by atoms with Gasteiger partial charge >= 0.3 is 0 Å². The summed E-state index contributed by atoms with van der Waals surface area (Å²) in [6, 6.07) is 5.89. The van der Waals surface area contributed by atoms with Crippen LogP contribution in [-0.2, 0) is 0 Å². The van der Waals surface area contributed by atoms with Gasteiger partial charge in [0.15, 0.2) is 0 Å². The minimum atomic E-state index is -0.0224. The van der Waals surface area contributed by atoms with E-state index in [1.165, 1.54) is 12.8 Å². The first kappa shape index (κ1) is 24.0. The molecule has 2 rings (SSSR count). The van der Waals surface area contributed by atoms with Crippen LogP contribution in [-0.4, -0.2) is 36.5 Å². The second-order valence-corrected chi connectivity index (χ2v) is 7.31. The van der Waals surface area contributed by atoms with Gasteiger partial charge < -0.3 is 11.1 Å². The summed E-state index contributed by atoms with van der Waals surface area (Å²) in [6.07, 6.45) is 2.51. The summed E-state index contributed by atoms with van der Waals surface area (Å²) >= 11 is 0. The van der Waals surface area contributed by atoms with E-state index >= 15 is 0 Å². The first-order chi connectivity index (χ1) is 10.9. The molecule has 4 nitrogen and oxygen atoms in total. The Kier molecular flexibility index (Phi) is 10.5. The Morgan fingerprint density at radius 2 is 1.88 bits per heavy atom. The second kappa shape index (κ2) is 10.9. The zero-order chi connectivity index (χ0) is 17.0. The summed E-state index contributed by atoms with van der Waals surface area (Å²) in [4.78, 5) is 15.0. The molecule has 1 saturated heterocycles. The maximum absolute atomic E-state index is 12.5. The molecule has 0 spiro atoms. The molecule has 1 unspecified atom stereocenters. The molecule has 144 valence electrons. The second-order valence-electron chi connectivity index (χ2n) is 7.31. The fraction of sp³-hybridized carbons (Fsp3) is 0.632. The molecule has 1 aromatic carbocycles. The number of benzene rings is 1. The number of halogens is 2. The van der Waals surface area contributed by atoms with E-state index in [1.807, 2.05) is 19.1 Å². The maximum atomic E-state index is 12.5. The molecule has 1 fully saturated rings. The van der Waals surface area contributed by atoms with Gasteiger partial charge in [0.2, 0.25) is 0 Å². The number of aryl methyl sites for hydroxylation is 1. The molecule has 0 aromatic heterocycles. The molecule has 1 aliphatic rings. The summed E-state index contributed by atoms with van der Waals surface area (Å²) in [6.45, 7) is 11.7. The lowest BCUT2D eigenvalue weighted by Crippen LogP contribution is -2.49. The number of anilines is 1. The van der Waals surface area contributed by atoms with E-state index < -0.39 is 0 Å². The average Bonchev–Trinajstić information content (AvgIpc) is 2.51. The van der Waals surface area contributed by atoms with Crippen molar-refractivity contribution in [1.82, 2.24) is 10.2 Å². The molecule has 1 atom stereocenters. The lowest BCUT2D eigenvalue weighted by molar-refractivity contribution is 0.0862. The van der Waals surface area contributed by atoms with E-state index in [0.717, 1.165) is 24.6 Å². The van der Waals surface area contributed by atoms with Crippen molar-refractivity contribution in [3.8, 4) is 0 Å². The van der Waals surface area contributed by atoms with Gasteiger partial charge in [-0.15, -0.1) is 24.8 Å². The molecule has 1 amide bonds. The summed E-state index contributed by atoms with van der Waals surface area (Å²) in [7, 11) is 0. The van der Waals surface area contributed by atoms with Crippen molar-refractivity contribution in [2.24, 2.45) is 11.8 Å². The van der Waals surface area contributed by atoms with Crippen LogP contribution in [0.5, 0.6) is 0 Å². The van der Waals surface area contributed by atoms with Crippen LogP contribution in [0.2, 0.25) is 0 Å². The molecule has 3 N–H and O–H groups in total. The normalized spacial score (nSPS) is 16.7. The van der Waals surface area contributed by atoms with Gasteiger partial charge in [0.05, 0.1) is 0 Å². The van der Waals surface area contributed by atoms with Crippen molar-refractivity contribution in [2.45, 2.75) is 46.6 Å². The third-order valence-electron chi connectivity index (χ3n) is 5.03. The zero-order valence-electron chi connectivity index (χ0n) is 15.7. The number of piperidine rings is 1. The largest absolute Gasteiger partial charge is 0.399 e. The predicted molar refractivity (Wildman–Crippen MR) is 111 cm³/mol. The lowest BCUT2D eigenvalue weighted by atomic mass is 9.94. The monoisotopic (exact) mass is 389 g/mol. The Hall–Kier alpha value is -0.970. The summed E-state index contributed by atoms with van der Waals surface area (Å²) in [5.74, 6) is 1.32. The van der Waals surface area contributed by atoms with Gasteiger partial charge in [0, 0.05) is 23.8 Å². The molecular formula is C19H33Cl2N3O. The Labute approximate surface area is 164 Å². The molecule has 25 heavy (non-hydrogen) atoms. The number of carbonyl (C=O) groups is 1. The third-order valence-corrected chi connectivity index (χ3v) is 5.03. The quantitative estimate of drug-likeness (QED) is 0.750. The number of hydrogen-bond acceptors (Lipinski definition) is 3. The van der Waals surface area contributed by atoms with Crippen LogP contribution in [0.15, 0.2) is 18.2 Å². The number of nitrogens with zero attached hydrogens (tertiary/aromatic N) is 1. The highest BCUT2D eigenvalue weighted by Gasteiger charge is 2.26. The van der Waals surface area contributed by atoms with Gasteiger partial charge in [0.25, 0.3) is 5.91 Å². The average molecular weight is 390 g/mol. The number of nitrogens with two attached hydrogens (primary N) is 1. The smallest absolute Gasteiger partial charge is 0.251 e. The number of nitrogen functional groups attached to an aromatic ring is 1. The molecule has 0 aliphatic carbocycles. The first-order valence-electron chi connectivity index (χ1n) is 8.77. The SMILES string of the molecule is Cc1ccc(N)cc1C(=O)NCC(C(C)C)N1CCC(C)CC1.Cl.Cl. The summed E-state index contributed by atoms with van der Waals surface area (Å²) in [5.41, 5.74) is 8.08. The number of carbonyl (C=O) groups excluding carboxylic acids is 1. The molecule has 0 saturated carbocycles. The van der Waals surface area contributed by atoms with Crippen molar-refractivity contribution >= 4 is 36.4 Å². The van der Waals surface area contributed by atoms with Crippen molar-refractivity contribution in [3.63, 3.8) is 0 Å². The standard InChI is InChI=1S/C19H31N3O.2ClH/c1-13(2)18(22-9-7-14(3)8-10-22)12-21-19(23)17-11-16(20)6-5-15(17)4;;/h5-6,11,13-14,18H,7-10,12,20H2,1-4H3,(H,21,23);2*1H. The van der Waals surface area contributed by atoms with Gasteiger partial charge in [-0.05, 0) is 62.4 Å². The van der Waals surface area contributed by atoms with Crippen molar-refractivity contribution in [3.05, 3.63) is 29.3 Å². The topological polar surface area (TPSA) is 58.4 Å². The minimum absolute atomic E-state index is 0. The molecule has 0 radical (unpaired) electrons.